The van der Waals surface area contributed by atoms with Crippen LogP contribution in [-0.2, 0) is 0 Å². The average molecular weight is 283 g/mol. The van der Waals surface area contributed by atoms with Gasteiger partial charge in [-0.3, -0.25) is 4.90 Å². The summed E-state index contributed by atoms with van der Waals surface area (Å²) in [4.78, 5) is 14.0. The summed E-state index contributed by atoms with van der Waals surface area (Å²) >= 11 is 0. The molecule has 4 nitrogen and oxygen atoms in total. The van der Waals surface area contributed by atoms with E-state index in [-0.39, 0.29) is 17.9 Å². The zero-order chi connectivity index (χ0) is 14.8. The lowest BCUT2D eigenvalue weighted by Crippen LogP contribution is -2.41. The van der Waals surface area contributed by atoms with Crippen molar-refractivity contribution >= 4 is 6.09 Å². The van der Waals surface area contributed by atoms with Gasteiger partial charge in [-0.25, -0.2) is 4.79 Å². The lowest BCUT2D eigenvalue weighted by atomic mass is 9.95. The standard InChI is InChI=1S/C17H17NO3/c1-2-11-18-16(12-7-9-13(19)10-8-12)14-5-3-4-6-15(14)21-17(18)20/h3-10,16,19H,2,11H2,1H3/t16-/m0/s1. The predicted octanol–water partition coefficient (Wildman–Crippen LogP) is 3.71. The Morgan fingerprint density at radius 2 is 1.86 bits per heavy atom. The minimum absolute atomic E-state index is 0.178. The number of phenols is 1. The largest absolute Gasteiger partial charge is 0.508 e. The van der Waals surface area contributed by atoms with Crippen molar-refractivity contribution in [3.8, 4) is 11.5 Å². The Morgan fingerprint density at radius 3 is 2.57 bits per heavy atom. The van der Waals surface area contributed by atoms with Crippen LogP contribution in [0.5, 0.6) is 11.5 Å². The summed E-state index contributed by atoms with van der Waals surface area (Å²) < 4.78 is 5.41. The van der Waals surface area contributed by atoms with Gasteiger partial charge in [0.1, 0.15) is 11.5 Å². The summed E-state index contributed by atoms with van der Waals surface area (Å²) in [6.07, 6.45) is 0.528. The Labute approximate surface area is 123 Å². The second kappa shape index (κ2) is 5.48. The Hall–Kier alpha value is -2.49. The van der Waals surface area contributed by atoms with Crippen LogP contribution in [-0.4, -0.2) is 22.6 Å². The van der Waals surface area contributed by atoms with Crippen LogP contribution >= 0.6 is 0 Å². The number of benzene rings is 2. The maximum atomic E-state index is 12.3. The van der Waals surface area contributed by atoms with Crippen LogP contribution in [0.3, 0.4) is 0 Å². The molecule has 0 unspecified atom stereocenters. The molecule has 1 amide bonds. The van der Waals surface area contributed by atoms with Gasteiger partial charge in [0.05, 0.1) is 6.04 Å². The van der Waals surface area contributed by atoms with Crippen LogP contribution in [0, 0.1) is 0 Å². The summed E-state index contributed by atoms with van der Waals surface area (Å²) in [5, 5.41) is 9.47. The molecule has 108 valence electrons. The number of fused-ring (bicyclic) bond motifs is 1. The number of hydrogen-bond donors (Lipinski definition) is 1. The highest BCUT2D eigenvalue weighted by atomic mass is 16.6. The van der Waals surface area contributed by atoms with Crippen LogP contribution in [0.25, 0.3) is 0 Å². The third kappa shape index (κ3) is 2.44. The fourth-order valence-electron chi connectivity index (χ4n) is 2.70. The van der Waals surface area contributed by atoms with Gasteiger partial charge in [-0.15, -0.1) is 0 Å². The van der Waals surface area contributed by atoms with Crippen molar-refractivity contribution in [2.45, 2.75) is 19.4 Å². The predicted molar refractivity (Wildman–Crippen MR) is 79.4 cm³/mol. The first-order valence-electron chi connectivity index (χ1n) is 7.07. The van der Waals surface area contributed by atoms with E-state index in [1.54, 1.807) is 17.0 Å². The molecule has 3 rings (SSSR count). The van der Waals surface area contributed by atoms with E-state index in [1.807, 2.05) is 43.3 Å². The minimum atomic E-state index is -0.325. The van der Waals surface area contributed by atoms with Gasteiger partial charge in [0.15, 0.2) is 0 Å². The molecule has 0 fully saturated rings. The first kappa shape index (κ1) is 13.5. The highest BCUT2D eigenvalue weighted by Gasteiger charge is 2.34. The van der Waals surface area contributed by atoms with Crippen LogP contribution < -0.4 is 4.74 Å². The molecule has 1 N–H and O–H groups in total. The normalized spacial score (nSPS) is 17.3. The van der Waals surface area contributed by atoms with Crippen molar-refractivity contribution < 1.29 is 14.6 Å². The van der Waals surface area contributed by atoms with Gasteiger partial charge < -0.3 is 9.84 Å². The van der Waals surface area contributed by atoms with Crippen LogP contribution in [0.2, 0.25) is 0 Å². The van der Waals surface area contributed by atoms with Gasteiger partial charge in [-0.05, 0) is 30.2 Å². The summed E-state index contributed by atoms with van der Waals surface area (Å²) in [7, 11) is 0. The number of phenolic OH excluding ortho intramolecular Hbond substituents is 1. The molecule has 0 aliphatic carbocycles. The SMILES string of the molecule is CCCN1C(=O)Oc2ccccc2[C@@H]1c1ccc(O)cc1. The fraction of sp³-hybridized carbons (Fsp3) is 0.235. The van der Waals surface area contributed by atoms with Crippen molar-refractivity contribution in [2.75, 3.05) is 6.54 Å². The Kier molecular flexibility index (Phi) is 3.52. The Balaban J connectivity index is 2.11. The number of carbonyl (C=O) groups is 1. The van der Waals surface area contributed by atoms with Crippen molar-refractivity contribution in [1.82, 2.24) is 4.90 Å². The smallest absolute Gasteiger partial charge is 0.416 e. The molecule has 0 aromatic heterocycles. The van der Waals surface area contributed by atoms with Gasteiger partial charge >= 0.3 is 6.09 Å². The molecule has 21 heavy (non-hydrogen) atoms. The van der Waals surface area contributed by atoms with E-state index in [9.17, 15) is 9.90 Å². The minimum Gasteiger partial charge on any atom is -0.508 e. The molecule has 1 heterocycles. The van der Waals surface area contributed by atoms with Crippen LogP contribution in [0.1, 0.15) is 30.5 Å². The van der Waals surface area contributed by atoms with E-state index in [0.29, 0.717) is 12.3 Å². The Bertz CT molecular complexity index is 651. The molecular weight excluding hydrogens is 266 g/mol. The maximum absolute atomic E-state index is 12.3. The molecule has 0 bridgehead atoms. The molecule has 0 saturated carbocycles. The zero-order valence-corrected chi connectivity index (χ0v) is 11.8. The quantitative estimate of drug-likeness (QED) is 0.934. The van der Waals surface area contributed by atoms with E-state index < -0.39 is 0 Å². The number of para-hydroxylation sites is 1. The van der Waals surface area contributed by atoms with E-state index >= 15 is 0 Å². The summed E-state index contributed by atoms with van der Waals surface area (Å²) in [5.74, 6) is 0.820. The number of carbonyl (C=O) groups excluding carboxylic acids is 1. The number of hydrogen-bond acceptors (Lipinski definition) is 3. The van der Waals surface area contributed by atoms with Crippen molar-refractivity contribution in [2.24, 2.45) is 0 Å². The first-order valence-corrected chi connectivity index (χ1v) is 7.07. The molecule has 0 saturated heterocycles. The molecule has 1 aliphatic heterocycles. The van der Waals surface area contributed by atoms with Crippen LogP contribution in [0.4, 0.5) is 4.79 Å². The molecule has 2 aromatic rings. The molecule has 0 spiro atoms. The second-order valence-corrected chi connectivity index (χ2v) is 5.09. The van der Waals surface area contributed by atoms with E-state index in [2.05, 4.69) is 0 Å². The van der Waals surface area contributed by atoms with E-state index in [4.69, 9.17) is 4.74 Å². The summed E-state index contributed by atoms with van der Waals surface area (Å²) in [6.45, 7) is 2.65. The van der Waals surface area contributed by atoms with Crippen molar-refractivity contribution in [1.29, 1.82) is 0 Å². The Morgan fingerprint density at radius 1 is 1.14 bits per heavy atom. The third-order valence-corrected chi connectivity index (χ3v) is 3.63. The number of ether oxygens (including phenoxy) is 1. The number of amides is 1. The molecule has 2 aromatic carbocycles. The molecule has 1 aliphatic rings. The number of rotatable bonds is 3. The van der Waals surface area contributed by atoms with Crippen molar-refractivity contribution in [3.63, 3.8) is 0 Å². The van der Waals surface area contributed by atoms with E-state index in [0.717, 1.165) is 17.5 Å². The number of nitrogens with zero attached hydrogens (tertiary/aromatic N) is 1. The second-order valence-electron chi connectivity index (χ2n) is 5.09. The fourth-order valence-corrected chi connectivity index (χ4v) is 2.70. The monoisotopic (exact) mass is 283 g/mol. The zero-order valence-electron chi connectivity index (χ0n) is 11.8. The average Bonchev–Trinajstić information content (AvgIpc) is 2.49. The number of aromatic hydroxyl groups is 1. The van der Waals surface area contributed by atoms with E-state index in [1.165, 1.54) is 0 Å². The van der Waals surface area contributed by atoms with Gasteiger partial charge in [0.2, 0.25) is 0 Å². The lowest BCUT2D eigenvalue weighted by molar-refractivity contribution is 0.126. The molecule has 4 heteroatoms. The summed E-state index contributed by atoms with van der Waals surface area (Å²) in [6, 6.07) is 14.4. The van der Waals surface area contributed by atoms with Gasteiger partial charge in [-0.1, -0.05) is 37.3 Å². The maximum Gasteiger partial charge on any atom is 0.416 e. The van der Waals surface area contributed by atoms with Gasteiger partial charge in [0, 0.05) is 12.1 Å². The van der Waals surface area contributed by atoms with Crippen molar-refractivity contribution in [3.05, 3.63) is 59.7 Å². The molecule has 1 atom stereocenters. The third-order valence-electron chi connectivity index (χ3n) is 3.63. The lowest BCUT2D eigenvalue weighted by Gasteiger charge is -2.36. The van der Waals surface area contributed by atoms with Crippen LogP contribution in [0.15, 0.2) is 48.5 Å². The highest BCUT2D eigenvalue weighted by Crippen LogP contribution is 2.39. The molecule has 0 radical (unpaired) electrons. The van der Waals surface area contributed by atoms with Gasteiger partial charge in [0.25, 0.3) is 0 Å². The molecular formula is C17H17NO3. The summed E-state index contributed by atoms with van der Waals surface area (Å²) in [5.41, 5.74) is 1.93. The highest BCUT2D eigenvalue weighted by molar-refractivity contribution is 5.75. The topological polar surface area (TPSA) is 49.8 Å². The first-order chi connectivity index (χ1) is 10.2. The van der Waals surface area contributed by atoms with Gasteiger partial charge in [-0.2, -0.15) is 0 Å².